The van der Waals surface area contributed by atoms with Crippen molar-refractivity contribution < 1.29 is 13.5 Å². The van der Waals surface area contributed by atoms with Crippen LogP contribution in [-0.2, 0) is 0 Å². The Morgan fingerprint density at radius 3 is 2.86 bits per heavy atom. The summed E-state index contributed by atoms with van der Waals surface area (Å²) in [4.78, 5) is 13.1. The van der Waals surface area contributed by atoms with Crippen molar-refractivity contribution in [3.05, 3.63) is 47.5 Å². The fourth-order valence-electron chi connectivity index (χ4n) is 2.59. The van der Waals surface area contributed by atoms with Crippen LogP contribution in [0.2, 0.25) is 5.02 Å². The first-order chi connectivity index (χ1) is 13.5. The number of nitrogens with one attached hydrogen (secondary N) is 2. The summed E-state index contributed by atoms with van der Waals surface area (Å²) in [7, 11) is 0. The first kappa shape index (κ1) is 18.0. The monoisotopic (exact) mass is 406 g/mol. The van der Waals surface area contributed by atoms with Gasteiger partial charge in [-0.3, -0.25) is 4.98 Å². The number of pyridine rings is 1. The van der Waals surface area contributed by atoms with Gasteiger partial charge in [-0.1, -0.05) is 11.6 Å². The maximum atomic E-state index is 12.2. The van der Waals surface area contributed by atoms with E-state index in [9.17, 15) is 8.78 Å². The van der Waals surface area contributed by atoms with Gasteiger partial charge in [-0.2, -0.15) is 19.0 Å². The maximum absolute atomic E-state index is 12.2. The molecule has 4 rings (SSSR count). The molecule has 0 unspecified atom stereocenters. The summed E-state index contributed by atoms with van der Waals surface area (Å²) in [6.07, 6.45) is 4.70. The zero-order valence-electron chi connectivity index (χ0n) is 14.3. The van der Waals surface area contributed by atoms with E-state index in [0.717, 1.165) is 5.69 Å². The van der Waals surface area contributed by atoms with Gasteiger partial charge in [-0.05, 0) is 19.1 Å². The molecule has 0 fully saturated rings. The number of nitrogens with zero attached hydrogens (tertiary/aromatic N) is 6. The highest BCUT2D eigenvalue weighted by molar-refractivity contribution is 6.30. The van der Waals surface area contributed by atoms with E-state index >= 15 is 0 Å². The number of rotatable bonds is 6. The molecule has 0 amide bonds. The molecular formula is C16H13ClF2N8O. The van der Waals surface area contributed by atoms with Crippen molar-refractivity contribution in [2.45, 2.75) is 19.6 Å². The third-order valence-electron chi connectivity index (χ3n) is 3.87. The molecule has 0 radical (unpaired) electrons. The molecule has 0 aliphatic heterocycles. The summed E-state index contributed by atoms with van der Waals surface area (Å²) in [5.41, 5.74) is 1.82. The average Bonchev–Trinajstić information content (AvgIpc) is 3.27. The SMILES string of the molecule is C[C@H](c1cc(Cl)ccn1)n1ncc2ncc(Nc3cc(OC(F)F)[nH]n3)nc21. The number of ether oxygens (including phenoxy) is 1. The number of halogens is 3. The molecule has 0 saturated heterocycles. The quantitative estimate of drug-likeness (QED) is 0.504. The highest BCUT2D eigenvalue weighted by Gasteiger charge is 2.16. The van der Waals surface area contributed by atoms with Crippen molar-refractivity contribution in [1.82, 2.24) is 34.9 Å². The highest BCUT2D eigenvalue weighted by Crippen LogP contribution is 2.24. The molecule has 9 nitrogen and oxygen atoms in total. The van der Waals surface area contributed by atoms with E-state index in [1.165, 1.54) is 12.3 Å². The first-order valence-corrected chi connectivity index (χ1v) is 8.46. The second kappa shape index (κ2) is 7.35. The topological polar surface area (TPSA) is 106 Å². The minimum atomic E-state index is -2.94. The number of aromatic amines is 1. The Hall–Kier alpha value is -3.34. The van der Waals surface area contributed by atoms with Crippen molar-refractivity contribution in [3.63, 3.8) is 0 Å². The molecule has 0 spiro atoms. The smallest absolute Gasteiger partial charge is 0.388 e. The molecule has 4 heterocycles. The summed E-state index contributed by atoms with van der Waals surface area (Å²) in [5.74, 6) is 0.438. The van der Waals surface area contributed by atoms with Crippen LogP contribution >= 0.6 is 11.6 Å². The van der Waals surface area contributed by atoms with Crippen LogP contribution in [0.25, 0.3) is 11.2 Å². The zero-order chi connectivity index (χ0) is 19.7. The van der Waals surface area contributed by atoms with E-state index in [4.69, 9.17) is 11.6 Å². The number of alkyl halides is 2. The molecule has 4 aromatic rings. The van der Waals surface area contributed by atoms with Crippen LogP contribution in [0.3, 0.4) is 0 Å². The van der Waals surface area contributed by atoms with Crippen molar-refractivity contribution in [2.75, 3.05) is 5.32 Å². The number of H-pyrrole nitrogens is 1. The molecule has 0 bridgehead atoms. The van der Waals surface area contributed by atoms with Gasteiger partial charge in [0, 0.05) is 17.3 Å². The summed E-state index contributed by atoms with van der Waals surface area (Å²) in [6.45, 7) is -1.03. The van der Waals surface area contributed by atoms with Gasteiger partial charge < -0.3 is 10.1 Å². The van der Waals surface area contributed by atoms with E-state index in [1.54, 1.807) is 29.2 Å². The lowest BCUT2D eigenvalue weighted by atomic mass is 10.2. The Morgan fingerprint density at radius 2 is 2.07 bits per heavy atom. The van der Waals surface area contributed by atoms with Gasteiger partial charge in [0.2, 0.25) is 5.88 Å². The first-order valence-electron chi connectivity index (χ1n) is 8.08. The third kappa shape index (κ3) is 3.69. The van der Waals surface area contributed by atoms with E-state index in [2.05, 4.69) is 40.3 Å². The van der Waals surface area contributed by atoms with Crippen LogP contribution in [0.1, 0.15) is 18.7 Å². The Morgan fingerprint density at radius 1 is 1.21 bits per heavy atom. The van der Waals surface area contributed by atoms with Crippen LogP contribution in [0.5, 0.6) is 5.88 Å². The zero-order valence-corrected chi connectivity index (χ0v) is 15.1. The number of anilines is 2. The van der Waals surface area contributed by atoms with E-state index in [1.807, 2.05) is 6.92 Å². The van der Waals surface area contributed by atoms with Crippen molar-refractivity contribution >= 4 is 34.4 Å². The fraction of sp³-hybridized carbons (Fsp3) is 0.188. The summed E-state index contributed by atoms with van der Waals surface area (Å²) >= 11 is 6.04. The van der Waals surface area contributed by atoms with Gasteiger partial charge in [0.05, 0.1) is 24.1 Å². The third-order valence-corrected chi connectivity index (χ3v) is 4.10. The van der Waals surface area contributed by atoms with E-state index in [0.29, 0.717) is 22.0 Å². The minimum absolute atomic E-state index is 0.169. The second-order valence-corrected chi connectivity index (χ2v) is 6.19. The Balaban J connectivity index is 1.62. The lowest BCUT2D eigenvalue weighted by Gasteiger charge is -2.13. The summed E-state index contributed by atoms with van der Waals surface area (Å²) in [5, 5.41) is 14.0. The second-order valence-electron chi connectivity index (χ2n) is 5.75. The van der Waals surface area contributed by atoms with Crippen molar-refractivity contribution in [2.24, 2.45) is 0 Å². The van der Waals surface area contributed by atoms with Gasteiger partial charge in [0.15, 0.2) is 17.3 Å². The largest absolute Gasteiger partial charge is 0.417 e. The van der Waals surface area contributed by atoms with E-state index < -0.39 is 6.61 Å². The van der Waals surface area contributed by atoms with Crippen LogP contribution in [0.4, 0.5) is 20.4 Å². The van der Waals surface area contributed by atoms with Crippen LogP contribution in [0, 0.1) is 0 Å². The molecule has 4 aromatic heterocycles. The van der Waals surface area contributed by atoms with Crippen molar-refractivity contribution in [1.29, 1.82) is 0 Å². The van der Waals surface area contributed by atoms with Gasteiger partial charge in [-0.25, -0.2) is 19.7 Å². The molecule has 2 N–H and O–H groups in total. The normalized spacial score (nSPS) is 12.5. The molecule has 12 heteroatoms. The average molecular weight is 407 g/mol. The minimum Gasteiger partial charge on any atom is -0.417 e. The molecule has 1 atom stereocenters. The Kier molecular flexibility index (Phi) is 4.74. The summed E-state index contributed by atoms with van der Waals surface area (Å²) < 4.78 is 30.4. The fourth-order valence-corrected chi connectivity index (χ4v) is 2.76. The molecule has 0 aliphatic carbocycles. The molecule has 0 aliphatic rings. The molecule has 144 valence electrons. The van der Waals surface area contributed by atoms with Gasteiger partial charge in [0.1, 0.15) is 5.52 Å². The maximum Gasteiger partial charge on any atom is 0.388 e. The van der Waals surface area contributed by atoms with Gasteiger partial charge in [-0.15, -0.1) is 0 Å². The lowest BCUT2D eigenvalue weighted by molar-refractivity contribution is -0.0528. The number of aromatic nitrogens is 7. The predicted molar refractivity (Wildman–Crippen MR) is 96.9 cm³/mol. The molecule has 28 heavy (non-hydrogen) atoms. The van der Waals surface area contributed by atoms with Crippen LogP contribution in [0.15, 0.2) is 36.8 Å². The van der Waals surface area contributed by atoms with Gasteiger partial charge >= 0.3 is 6.61 Å². The van der Waals surface area contributed by atoms with Crippen LogP contribution < -0.4 is 10.1 Å². The number of fused-ring (bicyclic) bond motifs is 1. The Labute approximate surface area is 161 Å². The number of hydrogen-bond donors (Lipinski definition) is 2. The van der Waals surface area contributed by atoms with Crippen molar-refractivity contribution in [3.8, 4) is 5.88 Å². The summed E-state index contributed by atoms with van der Waals surface area (Å²) in [6, 6.07) is 4.49. The highest BCUT2D eigenvalue weighted by atomic mass is 35.5. The van der Waals surface area contributed by atoms with Crippen LogP contribution in [-0.4, -0.2) is 41.5 Å². The van der Waals surface area contributed by atoms with Gasteiger partial charge in [0.25, 0.3) is 0 Å². The lowest BCUT2D eigenvalue weighted by Crippen LogP contribution is -2.11. The molecule has 0 aromatic carbocycles. The van der Waals surface area contributed by atoms with E-state index in [-0.39, 0.29) is 17.7 Å². The molecule has 0 saturated carbocycles. The Bertz CT molecular complexity index is 1110. The number of hydrogen-bond acceptors (Lipinski definition) is 7. The standard InChI is InChI=1S/C16H13ClF2N8O/c1-8(10-4-9(17)2-3-20-10)27-15-11(6-22-27)21-7-13(24-15)23-12-5-14(26-25-12)28-16(18)19/h2-8,16H,1H3,(H2,23,24,25,26)/t8-/m1/s1. The predicted octanol–water partition coefficient (Wildman–Crippen LogP) is 3.55. The molecular weight excluding hydrogens is 394 g/mol.